The number of benzene rings is 2. The van der Waals surface area contributed by atoms with Crippen LogP contribution in [-0.2, 0) is 11.2 Å². The molecule has 1 atom stereocenters. The number of hydrogen-bond donors (Lipinski definition) is 0. The highest BCUT2D eigenvalue weighted by atomic mass is 16.5. The number of carbonyl (C=O) groups excluding carboxylic acids is 1. The first-order chi connectivity index (χ1) is 14.9. The number of hydrogen-bond acceptors (Lipinski definition) is 6. The van der Waals surface area contributed by atoms with E-state index in [0.717, 1.165) is 22.9 Å². The number of rotatable bonds is 8. The summed E-state index contributed by atoms with van der Waals surface area (Å²) in [5.74, 6) is 0.726. The van der Waals surface area contributed by atoms with Crippen molar-refractivity contribution in [1.82, 2.24) is 0 Å². The smallest absolute Gasteiger partial charge is 0.161 e. The highest BCUT2D eigenvalue weighted by Crippen LogP contribution is 2.33. The Kier molecular flexibility index (Phi) is 7.00. The predicted molar refractivity (Wildman–Crippen MR) is 118 cm³/mol. The largest absolute Gasteiger partial charge is 0.548 e. The number of carboxylic acids is 1. The molecule has 0 bridgehead atoms. The summed E-state index contributed by atoms with van der Waals surface area (Å²) in [5, 5.41) is 13.1. The zero-order chi connectivity index (χ0) is 22.5. The van der Waals surface area contributed by atoms with Gasteiger partial charge in [-0.05, 0) is 54.7 Å². The highest BCUT2D eigenvalue weighted by molar-refractivity contribution is 5.80. The summed E-state index contributed by atoms with van der Waals surface area (Å²) in [6.07, 6.45) is 1.25. The molecule has 0 N–H and O–H groups in total. The Bertz CT molecular complexity index is 1150. The fraction of sp³-hybridized carbons (Fsp3) is 0.360. The first-order valence-corrected chi connectivity index (χ1v) is 10.4. The molecule has 1 heterocycles. The lowest BCUT2D eigenvalue weighted by atomic mass is 10.0. The first kappa shape index (κ1) is 22.4. The molecule has 0 saturated carbocycles. The summed E-state index contributed by atoms with van der Waals surface area (Å²) in [6.45, 7) is 6.00. The molecule has 6 nitrogen and oxygen atoms in total. The fourth-order valence-electron chi connectivity index (χ4n) is 3.49. The van der Waals surface area contributed by atoms with Gasteiger partial charge in [-0.25, -0.2) is 0 Å². The van der Waals surface area contributed by atoms with Crippen molar-refractivity contribution in [2.45, 2.75) is 39.7 Å². The Morgan fingerprint density at radius 1 is 1.06 bits per heavy atom. The van der Waals surface area contributed by atoms with E-state index in [4.69, 9.17) is 13.9 Å². The highest BCUT2D eigenvalue weighted by Gasteiger charge is 2.14. The van der Waals surface area contributed by atoms with Crippen LogP contribution in [0.5, 0.6) is 11.5 Å². The van der Waals surface area contributed by atoms with Crippen LogP contribution in [0.15, 0.2) is 51.9 Å². The molecular weight excluding hydrogens is 394 g/mol. The van der Waals surface area contributed by atoms with Crippen LogP contribution in [0.2, 0.25) is 0 Å². The lowest BCUT2D eigenvalue weighted by Gasteiger charge is -2.16. The van der Waals surface area contributed by atoms with Crippen molar-refractivity contribution in [2.75, 3.05) is 14.2 Å². The lowest BCUT2D eigenvalue weighted by Crippen LogP contribution is -2.36. The van der Waals surface area contributed by atoms with E-state index in [-0.39, 0.29) is 5.92 Å². The molecule has 0 saturated heterocycles. The van der Waals surface area contributed by atoms with Crippen LogP contribution in [0.1, 0.15) is 32.8 Å². The third kappa shape index (κ3) is 5.08. The van der Waals surface area contributed by atoms with Gasteiger partial charge >= 0.3 is 0 Å². The number of nitrogens with zero attached hydrogens (tertiary/aromatic N) is 1. The van der Waals surface area contributed by atoms with Crippen LogP contribution in [0.3, 0.4) is 0 Å². The molecule has 0 amide bonds. The third-order valence-corrected chi connectivity index (χ3v) is 5.15. The van der Waals surface area contributed by atoms with Gasteiger partial charge in [-0.3, -0.25) is 4.99 Å². The average molecular weight is 423 g/mol. The summed E-state index contributed by atoms with van der Waals surface area (Å²) in [7, 11) is 3.15. The Labute approximate surface area is 182 Å². The van der Waals surface area contributed by atoms with Gasteiger partial charge in [-0.2, -0.15) is 0 Å². The molecule has 164 valence electrons. The molecule has 3 aromatic rings. The van der Waals surface area contributed by atoms with Gasteiger partial charge in [0.15, 0.2) is 11.5 Å². The quantitative estimate of drug-likeness (QED) is 0.552. The molecule has 2 aromatic carbocycles. The minimum Gasteiger partial charge on any atom is -0.548 e. The Balaban J connectivity index is 2.26. The second kappa shape index (κ2) is 9.69. The Hall–Kier alpha value is -3.28. The van der Waals surface area contributed by atoms with Gasteiger partial charge in [0.2, 0.25) is 0 Å². The normalized spacial score (nSPS) is 12.9. The third-order valence-electron chi connectivity index (χ3n) is 5.15. The maximum atomic E-state index is 11.7. The number of carboxylic acid groups (broad SMARTS) is 1. The van der Waals surface area contributed by atoms with E-state index in [1.165, 1.54) is 0 Å². The number of carbonyl (C=O) groups is 1. The van der Waals surface area contributed by atoms with Crippen LogP contribution in [-0.4, -0.2) is 26.2 Å². The van der Waals surface area contributed by atoms with Gasteiger partial charge in [-0.15, -0.1) is 0 Å². The van der Waals surface area contributed by atoms with Crippen molar-refractivity contribution in [1.29, 1.82) is 0 Å². The van der Waals surface area contributed by atoms with Gasteiger partial charge in [-0.1, -0.05) is 26.8 Å². The number of methoxy groups -OCH3 is 2. The van der Waals surface area contributed by atoms with Crippen LogP contribution >= 0.6 is 0 Å². The monoisotopic (exact) mass is 422 g/mol. The molecule has 0 aliphatic carbocycles. The standard InChI is InChI=1S/C25H29NO5/c1-6-16-7-9-21-18(12-16)19(26-20(25(27)28)11-15(2)3)14-23(31-21)17-8-10-22(29-4)24(13-17)30-5/h7-10,12-15,20H,6,11H2,1-5H3,(H,27,28)/p-1/t20-/m0/s1. The Morgan fingerprint density at radius 3 is 2.42 bits per heavy atom. The molecule has 3 rings (SSSR count). The lowest BCUT2D eigenvalue weighted by molar-refractivity contribution is -0.307. The summed E-state index contributed by atoms with van der Waals surface area (Å²) < 4.78 is 16.9. The van der Waals surface area contributed by atoms with Crippen molar-refractivity contribution in [2.24, 2.45) is 10.9 Å². The molecule has 0 spiro atoms. The van der Waals surface area contributed by atoms with Crippen molar-refractivity contribution in [3.63, 3.8) is 0 Å². The fourth-order valence-corrected chi connectivity index (χ4v) is 3.49. The summed E-state index contributed by atoms with van der Waals surface area (Å²) in [6, 6.07) is 12.2. The number of aliphatic carboxylic acids is 1. The minimum absolute atomic E-state index is 0.169. The van der Waals surface area contributed by atoms with Gasteiger partial charge < -0.3 is 23.8 Å². The minimum atomic E-state index is -1.18. The van der Waals surface area contributed by atoms with E-state index in [9.17, 15) is 9.90 Å². The topological polar surface area (TPSA) is 84.1 Å². The van der Waals surface area contributed by atoms with Crippen molar-refractivity contribution in [3.05, 3.63) is 53.4 Å². The van der Waals surface area contributed by atoms with Crippen LogP contribution in [0.25, 0.3) is 22.3 Å². The second-order valence-electron chi connectivity index (χ2n) is 7.84. The SMILES string of the molecule is CCc1ccc2oc(-c3ccc(OC)c(OC)c3)cc(=N[C@@H](CC(C)C)C(=O)[O-])c2c1. The summed E-state index contributed by atoms with van der Waals surface area (Å²) in [5.41, 5.74) is 2.51. The molecule has 31 heavy (non-hydrogen) atoms. The van der Waals surface area contributed by atoms with Crippen LogP contribution < -0.4 is 19.9 Å². The van der Waals surface area contributed by atoms with Gasteiger partial charge in [0.25, 0.3) is 0 Å². The average Bonchev–Trinajstić information content (AvgIpc) is 2.77. The van der Waals surface area contributed by atoms with E-state index in [0.29, 0.717) is 34.6 Å². The first-order valence-electron chi connectivity index (χ1n) is 10.4. The van der Waals surface area contributed by atoms with Crippen molar-refractivity contribution < 1.29 is 23.8 Å². The van der Waals surface area contributed by atoms with E-state index in [1.807, 2.05) is 44.2 Å². The zero-order valence-electron chi connectivity index (χ0n) is 18.6. The van der Waals surface area contributed by atoms with E-state index in [1.54, 1.807) is 26.4 Å². The second-order valence-corrected chi connectivity index (χ2v) is 7.84. The van der Waals surface area contributed by atoms with Crippen LogP contribution in [0, 0.1) is 5.92 Å². The Morgan fingerprint density at radius 2 is 1.81 bits per heavy atom. The molecule has 0 aliphatic rings. The van der Waals surface area contributed by atoms with Crippen molar-refractivity contribution >= 4 is 16.9 Å². The number of ether oxygens (including phenoxy) is 2. The molecule has 0 aliphatic heterocycles. The molecule has 0 fully saturated rings. The summed E-state index contributed by atoms with van der Waals surface area (Å²) >= 11 is 0. The molecular formula is C25H28NO5-. The van der Waals surface area contributed by atoms with E-state index < -0.39 is 12.0 Å². The molecule has 0 radical (unpaired) electrons. The maximum absolute atomic E-state index is 11.7. The maximum Gasteiger partial charge on any atom is 0.161 e. The predicted octanol–water partition coefficient (Wildman–Crippen LogP) is 3.74. The molecule has 6 heteroatoms. The van der Waals surface area contributed by atoms with Gasteiger partial charge in [0, 0.05) is 17.0 Å². The molecule has 0 unspecified atom stereocenters. The number of fused-ring (bicyclic) bond motifs is 1. The number of aryl methyl sites for hydroxylation is 1. The molecule has 1 aromatic heterocycles. The van der Waals surface area contributed by atoms with Crippen molar-refractivity contribution in [3.8, 4) is 22.8 Å². The van der Waals surface area contributed by atoms with Gasteiger partial charge in [0.05, 0.1) is 31.6 Å². The van der Waals surface area contributed by atoms with E-state index in [2.05, 4.69) is 11.9 Å². The van der Waals surface area contributed by atoms with Crippen LogP contribution in [0.4, 0.5) is 0 Å². The van der Waals surface area contributed by atoms with Gasteiger partial charge in [0.1, 0.15) is 11.3 Å². The summed E-state index contributed by atoms with van der Waals surface area (Å²) in [4.78, 5) is 16.3. The zero-order valence-corrected chi connectivity index (χ0v) is 18.6. The van der Waals surface area contributed by atoms with E-state index >= 15 is 0 Å².